The number of rotatable bonds is 7. The minimum atomic E-state index is -1.45. The number of thiophene rings is 1. The lowest BCUT2D eigenvalue weighted by Gasteiger charge is -2.18. The molecule has 3 aromatic rings. The second-order valence-corrected chi connectivity index (χ2v) is 8.75. The molecule has 2 amide bonds. The second-order valence-electron chi connectivity index (χ2n) is 7.80. The molecule has 36 heavy (non-hydrogen) atoms. The molecular weight excluding hydrogens is 490 g/mol. The number of nitrogens with one attached hydrogen (secondary N) is 1. The summed E-state index contributed by atoms with van der Waals surface area (Å²) in [5.41, 5.74) is 6.49. The standard InChI is InChI=1S/C22H25N7O6S/c1-24-20(32)17-15(30)16(31)22(35-17)29-11-25-14-18(23)26-13(27-19(14)29)6-3-7-28(8-9-34-2)21(33)12-5-4-10-36-12/h4-5,10-11,15-17,22,30-31H,7-9H2,1-2H3,(H,24,32)(H2,23,26,27)/t15-,16+,17?,22?/m0/s1. The first kappa shape index (κ1) is 25.5. The van der Waals surface area contributed by atoms with E-state index in [9.17, 15) is 19.8 Å². The first-order valence-electron chi connectivity index (χ1n) is 10.9. The van der Waals surface area contributed by atoms with Gasteiger partial charge in [0.15, 0.2) is 23.8 Å². The van der Waals surface area contributed by atoms with Crippen molar-refractivity contribution in [3.05, 3.63) is 34.5 Å². The SMILES string of the molecule is CNC(=O)C1OC(n2cnc3c(N)nc(C#CCN(CCOC)C(=O)c4cccs4)nc32)[C@H](O)[C@@H]1O. The number of carbonyl (C=O) groups is 2. The molecule has 4 heterocycles. The Hall–Kier alpha value is -3.61. The average molecular weight is 516 g/mol. The zero-order valence-corrected chi connectivity index (χ0v) is 20.3. The van der Waals surface area contributed by atoms with Crippen LogP contribution in [0.2, 0.25) is 0 Å². The fourth-order valence-corrected chi connectivity index (χ4v) is 4.34. The molecule has 0 radical (unpaired) electrons. The summed E-state index contributed by atoms with van der Waals surface area (Å²) in [6, 6.07) is 3.54. The van der Waals surface area contributed by atoms with Crippen LogP contribution in [0.4, 0.5) is 5.82 Å². The van der Waals surface area contributed by atoms with Crippen LogP contribution in [0.1, 0.15) is 21.7 Å². The first-order chi connectivity index (χ1) is 17.3. The van der Waals surface area contributed by atoms with Crippen LogP contribution in [-0.4, -0.2) is 98.6 Å². The highest BCUT2D eigenvalue weighted by atomic mass is 32.1. The summed E-state index contributed by atoms with van der Waals surface area (Å²) in [7, 11) is 2.95. The van der Waals surface area contributed by atoms with Crippen molar-refractivity contribution < 1.29 is 29.3 Å². The lowest BCUT2D eigenvalue weighted by atomic mass is 10.1. The van der Waals surface area contributed by atoms with Gasteiger partial charge in [-0.3, -0.25) is 14.2 Å². The van der Waals surface area contributed by atoms with Gasteiger partial charge in [0.25, 0.3) is 11.8 Å². The predicted octanol–water partition coefficient (Wildman–Crippen LogP) is -1.02. The Bertz CT molecular complexity index is 1300. The Labute approximate surface area is 209 Å². The highest BCUT2D eigenvalue weighted by molar-refractivity contribution is 7.12. The molecule has 3 aromatic heterocycles. The van der Waals surface area contributed by atoms with Crippen LogP contribution in [0.15, 0.2) is 23.8 Å². The van der Waals surface area contributed by atoms with Gasteiger partial charge in [-0.25, -0.2) is 15.0 Å². The number of ether oxygens (including phenoxy) is 2. The molecule has 1 aliphatic heterocycles. The van der Waals surface area contributed by atoms with E-state index in [-0.39, 0.29) is 35.3 Å². The molecule has 0 spiro atoms. The van der Waals surface area contributed by atoms with Crippen molar-refractivity contribution in [2.24, 2.45) is 0 Å². The first-order valence-corrected chi connectivity index (χ1v) is 11.8. The molecule has 1 fully saturated rings. The van der Waals surface area contributed by atoms with E-state index < -0.39 is 30.4 Å². The van der Waals surface area contributed by atoms with Crippen molar-refractivity contribution in [3.63, 3.8) is 0 Å². The van der Waals surface area contributed by atoms with Crippen LogP contribution in [0.3, 0.4) is 0 Å². The number of anilines is 1. The number of hydrogen-bond acceptors (Lipinski definition) is 11. The molecule has 0 aromatic carbocycles. The number of likely N-dealkylation sites (N-methyl/N-ethyl adjacent to an activating group) is 1. The van der Waals surface area contributed by atoms with Crippen LogP contribution in [-0.2, 0) is 14.3 Å². The third-order valence-corrected chi connectivity index (χ3v) is 6.38. The Morgan fingerprint density at radius 1 is 1.36 bits per heavy atom. The number of methoxy groups -OCH3 is 1. The summed E-state index contributed by atoms with van der Waals surface area (Å²) in [4.78, 5) is 39.6. The maximum absolute atomic E-state index is 12.8. The van der Waals surface area contributed by atoms with Crippen molar-refractivity contribution in [2.75, 3.05) is 39.6 Å². The van der Waals surface area contributed by atoms with E-state index in [4.69, 9.17) is 15.2 Å². The van der Waals surface area contributed by atoms with Gasteiger partial charge in [-0.05, 0) is 17.4 Å². The molecule has 1 saturated heterocycles. The Kier molecular flexibility index (Phi) is 7.77. The molecule has 4 atom stereocenters. The third kappa shape index (κ3) is 5.01. The molecule has 2 unspecified atom stereocenters. The van der Waals surface area contributed by atoms with E-state index in [1.165, 1.54) is 29.3 Å². The number of carbonyl (C=O) groups excluding carboxylic acids is 2. The zero-order valence-electron chi connectivity index (χ0n) is 19.5. The normalized spacial score (nSPS) is 21.2. The van der Waals surface area contributed by atoms with Crippen LogP contribution in [0.5, 0.6) is 0 Å². The summed E-state index contributed by atoms with van der Waals surface area (Å²) >= 11 is 1.34. The highest BCUT2D eigenvalue weighted by Crippen LogP contribution is 2.32. The number of imidazole rings is 1. The molecule has 1 aliphatic rings. The van der Waals surface area contributed by atoms with E-state index >= 15 is 0 Å². The van der Waals surface area contributed by atoms with E-state index in [0.717, 1.165) is 0 Å². The minimum Gasteiger partial charge on any atom is -0.387 e. The molecule has 0 saturated carbocycles. The third-order valence-electron chi connectivity index (χ3n) is 5.52. The number of nitrogen functional groups attached to an aromatic ring is 1. The van der Waals surface area contributed by atoms with Crippen molar-refractivity contribution in [3.8, 4) is 11.8 Å². The largest absolute Gasteiger partial charge is 0.387 e. The molecule has 13 nitrogen and oxygen atoms in total. The van der Waals surface area contributed by atoms with Crippen molar-refractivity contribution in [1.29, 1.82) is 0 Å². The predicted molar refractivity (Wildman–Crippen MR) is 129 cm³/mol. The second kappa shape index (κ2) is 11.0. The number of aromatic nitrogens is 4. The Morgan fingerprint density at radius 3 is 2.86 bits per heavy atom. The van der Waals surface area contributed by atoms with Gasteiger partial charge < -0.3 is 35.6 Å². The van der Waals surface area contributed by atoms with Crippen molar-refractivity contribution in [2.45, 2.75) is 24.5 Å². The fourth-order valence-electron chi connectivity index (χ4n) is 3.65. The Balaban J connectivity index is 1.59. The number of aliphatic hydroxyl groups is 2. The zero-order chi connectivity index (χ0) is 25.8. The van der Waals surface area contributed by atoms with Gasteiger partial charge in [-0.15, -0.1) is 11.3 Å². The van der Waals surface area contributed by atoms with Crippen molar-refractivity contribution >= 4 is 40.1 Å². The van der Waals surface area contributed by atoms with Gasteiger partial charge in [-0.2, -0.15) is 0 Å². The van der Waals surface area contributed by atoms with Gasteiger partial charge >= 0.3 is 0 Å². The number of aliphatic hydroxyl groups excluding tert-OH is 2. The van der Waals surface area contributed by atoms with E-state index in [1.54, 1.807) is 24.1 Å². The molecule has 0 aliphatic carbocycles. The van der Waals surface area contributed by atoms with E-state index in [1.807, 2.05) is 5.38 Å². The molecule has 14 heteroatoms. The quantitative estimate of drug-likeness (QED) is 0.285. The number of hydrogen-bond donors (Lipinski definition) is 4. The van der Waals surface area contributed by atoms with Gasteiger partial charge in [-0.1, -0.05) is 12.0 Å². The summed E-state index contributed by atoms with van der Waals surface area (Å²) in [6.07, 6.45) is -3.97. The monoisotopic (exact) mass is 515 g/mol. The summed E-state index contributed by atoms with van der Waals surface area (Å²) in [5.74, 6) is 5.06. The minimum absolute atomic E-state index is 0.0461. The van der Waals surface area contributed by atoms with Crippen LogP contribution in [0.25, 0.3) is 11.2 Å². The van der Waals surface area contributed by atoms with Gasteiger partial charge in [0.1, 0.15) is 17.7 Å². The molecule has 5 N–H and O–H groups in total. The van der Waals surface area contributed by atoms with E-state index in [2.05, 4.69) is 32.1 Å². The smallest absolute Gasteiger partial charge is 0.264 e. The maximum atomic E-state index is 12.8. The summed E-state index contributed by atoms with van der Waals surface area (Å²) in [5, 5.41) is 25.0. The maximum Gasteiger partial charge on any atom is 0.264 e. The van der Waals surface area contributed by atoms with Gasteiger partial charge in [0.05, 0.1) is 24.4 Å². The van der Waals surface area contributed by atoms with Crippen molar-refractivity contribution in [1.82, 2.24) is 29.7 Å². The summed E-state index contributed by atoms with van der Waals surface area (Å²) in [6.45, 7) is 0.799. The highest BCUT2D eigenvalue weighted by Gasteiger charge is 2.47. The number of nitrogens with zero attached hydrogens (tertiary/aromatic N) is 5. The summed E-state index contributed by atoms with van der Waals surface area (Å²) < 4.78 is 12.1. The topological polar surface area (TPSA) is 178 Å². The van der Waals surface area contributed by atoms with Gasteiger partial charge in [0, 0.05) is 20.7 Å². The van der Waals surface area contributed by atoms with E-state index in [0.29, 0.717) is 18.0 Å². The van der Waals surface area contributed by atoms with Crippen LogP contribution in [0, 0.1) is 11.8 Å². The number of amides is 2. The van der Waals surface area contributed by atoms with Crippen LogP contribution < -0.4 is 11.1 Å². The number of nitrogens with two attached hydrogens (primary N) is 1. The molecular formula is C22H25N7O6S. The fraction of sp³-hybridized carbons (Fsp3) is 0.409. The molecule has 0 bridgehead atoms. The lowest BCUT2D eigenvalue weighted by Crippen LogP contribution is -2.41. The molecule has 190 valence electrons. The molecule has 4 rings (SSSR count). The number of fused-ring (bicyclic) bond motifs is 1. The average Bonchev–Trinajstić information content (AvgIpc) is 3.61. The van der Waals surface area contributed by atoms with Gasteiger partial charge in [0.2, 0.25) is 5.82 Å². The Morgan fingerprint density at radius 2 is 2.17 bits per heavy atom. The van der Waals surface area contributed by atoms with Crippen LogP contribution >= 0.6 is 11.3 Å². The lowest BCUT2D eigenvalue weighted by molar-refractivity contribution is -0.137.